The van der Waals surface area contributed by atoms with Gasteiger partial charge < -0.3 is 25.3 Å². The molecule has 1 unspecified atom stereocenters. The molecule has 23 heavy (non-hydrogen) atoms. The summed E-state index contributed by atoms with van der Waals surface area (Å²) in [6.07, 6.45) is 7.94. The van der Waals surface area contributed by atoms with Gasteiger partial charge in [0.15, 0.2) is 11.7 Å². The van der Waals surface area contributed by atoms with E-state index in [1.54, 1.807) is 0 Å². The Hall–Kier alpha value is -0.120. The molecule has 2 rings (SSSR count). The van der Waals surface area contributed by atoms with Gasteiger partial charge in [-0.1, -0.05) is 12.8 Å². The summed E-state index contributed by atoms with van der Waals surface area (Å²) in [6.45, 7) is 5.46. The fourth-order valence-corrected chi connectivity index (χ4v) is 3.03. The third-order valence-corrected chi connectivity index (χ3v) is 4.22. The molecule has 1 heterocycles. The molecule has 1 spiro atoms. The molecule has 1 aliphatic heterocycles. The minimum Gasteiger partial charge on any atom is -0.382 e. The first-order chi connectivity index (χ1) is 10.7. The van der Waals surface area contributed by atoms with Crippen molar-refractivity contribution in [2.75, 3.05) is 32.9 Å². The highest BCUT2D eigenvalue weighted by atomic mass is 127. The fraction of sp³-hybridized carbons (Fsp3) is 0.938. The van der Waals surface area contributed by atoms with Crippen LogP contribution in [0.15, 0.2) is 4.99 Å². The van der Waals surface area contributed by atoms with Crippen molar-refractivity contribution in [1.82, 2.24) is 5.32 Å². The van der Waals surface area contributed by atoms with Crippen molar-refractivity contribution < 1.29 is 14.2 Å². The van der Waals surface area contributed by atoms with Gasteiger partial charge in [0.2, 0.25) is 0 Å². The second kappa shape index (κ2) is 11.4. The fourth-order valence-electron chi connectivity index (χ4n) is 3.03. The summed E-state index contributed by atoms with van der Waals surface area (Å²) < 4.78 is 17.4. The molecular weight excluding hydrogens is 409 g/mol. The number of rotatable bonds is 7. The Morgan fingerprint density at radius 3 is 2.74 bits per heavy atom. The Morgan fingerprint density at radius 1 is 1.30 bits per heavy atom. The van der Waals surface area contributed by atoms with Gasteiger partial charge in [-0.2, -0.15) is 0 Å². The number of aliphatic imine (C=N–C) groups is 1. The monoisotopic (exact) mass is 441 g/mol. The molecule has 2 aliphatic rings. The number of nitrogens with two attached hydrogens (primary N) is 1. The van der Waals surface area contributed by atoms with Crippen molar-refractivity contribution in [3.8, 4) is 0 Å². The number of guanidine groups is 1. The van der Waals surface area contributed by atoms with Crippen LogP contribution in [0.25, 0.3) is 0 Å². The molecule has 3 N–H and O–H groups in total. The van der Waals surface area contributed by atoms with Gasteiger partial charge in [-0.15, -0.1) is 24.0 Å². The molecule has 1 saturated heterocycles. The van der Waals surface area contributed by atoms with Crippen molar-refractivity contribution in [3.05, 3.63) is 0 Å². The first-order valence-corrected chi connectivity index (χ1v) is 8.67. The maximum atomic E-state index is 6.15. The third-order valence-electron chi connectivity index (χ3n) is 4.22. The molecule has 1 saturated carbocycles. The van der Waals surface area contributed by atoms with Crippen molar-refractivity contribution in [1.29, 1.82) is 0 Å². The van der Waals surface area contributed by atoms with Crippen LogP contribution in [0.3, 0.4) is 0 Å². The van der Waals surface area contributed by atoms with E-state index < -0.39 is 0 Å². The average molecular weight is 441 g/mol. The lowest BCUT2D eigenvalue weighted by Gasteiger charge is -2.26. The first kappa shape index (κ1) is 20.9. The first-order valence-electron chi connectivity index (χ1n) is 8.67. The van der Waals surface area contributed by atoms with Crippen molar-refractivity contribution >= 4 is 29.9 Å². The number of hydrogen-bond donors (Lipinski definition) is 2. The summed E-state index contributed by atoms with van der Waals surface area (Å²) in [6, 6.07) is 0. The van der Waals surface area contributed by atoms with Crippen LogP contribution in [0.5, 0.6) is 0 Å². The van der Waals surface area contributed by atoms with Gasteiger partial charge in [0.25, 0.3) is 0 Å². The third kappa shape index (κ3) is 7.53. The van der Waals surface area contributed by atoms with Crippen molar-refractivity contribution in [3.63, 3.8) is 0 Å². The van der Waals surface area contributed by atoms with Crippen LogP contribution in [0.1, 0.15) is 51.9 Å². The lowest BCUT2D eigenvalue weighted by molar-refractivity contribution is -0.174. The quantitative estimate of drug-likeness (QED) is 0.275. The maximum Gasteiger partial charge on any atom is 0.188 e. The predicted molar refractivity (Wildman–Crippen MR) is 102 cm³/mol. The minimum absolute atomic E-state index is 0. The van der Waals surface area contributed by atoms with Gasteiger partial charge in [0.05, 0.1) is 13.2 Å². The smallest absolute Gasteiger partial charge is 0.188 e. The molecule has 1 atom stereocenters. The Balaban J connectivity index is 0.00000264. The summed E-state index contributed by atoms with van der Waals surface area (Å²) in [4.78, 5) is 4.36. The normalized spacial score (nSPS) is 24.2. The van der Waals surface area contributed by atoms with Gasteiger partial charge in [-0.25, -0.2) is 0 Å². The van der Waals surface area contributed by atoms with E-state index >= 15 is 0 Å². The van der Waals surface area contributed by atoms with E-state index in [1.165, 1.54) is 25.7 Å². The van der Waals surface area contributed by atoms with E-state index in [0.29, 0.717) is 19.1 Å². The Bertz CT molecular complexity index is 347. The molecule has 0 amide bonds. The molecule has 6 nitrogen and oxygen atoms in total. The summed E-state index contributed by atoms with van der Waals surface area (Å²) in [5.41, 5.74) is 5.86. The molecular formula is C16H32IN3O3. The summed E-state index contributed by atoms with van der Waals surface area (Å²) >= 11 is 0. The zero-order chi connectivity index (χ0) is 15.7. The Labute approximate surface area is 156 Å². The standard InChI is InChI=1S/C16H31N3O3.HI/c1-2-20-11-7-10-18-15(17)19-12-14-13-21-16(22-14)8-5-3-4-6-9-16;/h14H,2-13H2,1H3,(H3,17,18,19);1H. The molecule has 0 bridgehead atoms. The number of ether oxygens (including phenoxy) is 3. The highest BCUT2D eigenvalue weighted by Crippen LogP contribution is 2.36. The number of halogens is 1. The number of hydrogen-bond acceptors (Lipinski definition) is 4. The van der Waals surface area contributed by atoms with Crippen LogP contribution in [0, 0.1) is 0 Å². The Kier molecular flexibility index (Phi) is 10.4. The van der Waals surface area contributed by atoms with Crippen molar-refractivity contribution in [2.45, 2.75) is 63.8 Å². The van der Waals surface area contributed by atoms with Crippen molar-refractivity contribution in [2.24, 2.45) is 10.7 Å². The molecule has 0 aromatic heterocycles. The van der Waals surface area contributed by atoms with Crippen LogP contribution < -0.4 is 11.1 Å². The largest absolute Gasteiger partial charge is 0.382 e. The second-order valence-electron chi connectivity index (χ2n) is 6.08. The summed E-state index contributed by atoms with van der Waals surface area (Å²) in [5, 5.41) is 3.10. The van der Waals surface area contributed by atoms with Gasteiger partial charge in [-0.3, -0.25) is 4.99 Å². The second-order valence-corrected chi connectivity index (χ2v) is 6.08. The van der Waals surface area contributed by atoms with Gasteiger partial charge in [0.1, 0.15) is 6.10 Å². The van der Waals surface area contributed by atoms with Crippen LogP contribution in [-0.2, 0) is 14.2 Å². The minimum atomic E-state index is -0.337. The van der Waals surface area contributed by atoms with E-state index in [1.807, 2.05) is 6.92 Å². The van der Waals surface area contributed by atoms with Gasteiger partial charge in [0, 0.05) is 32.6 Å². The van der Waals surface area contributed by atoms with Crippen LogP contribution in [-0.4, -0.2) is 50.8 Å². The lowest BCUT2D eigenvalue weighted by atomic mass is 10.1. The number of nitrogens with zero attached hydrogens (tertiary/aromatic N) is 1. The van der Waals surface area contributed by atoms with E-state index in [0.717, 1.165) is 39.0 Å². The predicted octanol–water partition coefficient (Wildman–Crippen LogP) is 2.40. The van der Waals surface area contributed by atoms with E-state index in [2.05, 4.69) is 10.3 Å². The van der Waals surface area contributed by atoms with Crippen LogP contribution in [0.4, 0.5) is 0 Å². The van der Waals surface area contributed by atoms with Gasteiger partial charge >= 0.3 is 0 Å². The lowest BCUT2D eigenvalue weighted by Crippen LogP contribution is -2.34. The highest BCUT2D eigenvalue weighted by molar-refractivity contribution is 14.0. The molecule has 0 aromatic rings. The molecule has 136 valence electrons. The van der Waals surface area contributed by atoms with E-state index in [-0.39, 0.29) is 35.9 Å². The van der Waals surface area contributed by atoms with Gasteiger partial charge in [-0.05, 0) is 26.2 Å². The SMILES string of the molecule is CCOCCCNC(N)=NCC1COC2(CCCCCC2)O1.I. The topological polar surface area (TPSA) is 78.1 Å². The van der Waals surface area contributed by atoms with E-state index in [9.17, 15) is 0 Å². The maximum absolute atomic E-state index is 6.15. The molecule has 7 heteroatoms. The Morgan fingerprint density at radius 2 is 2.04 bits per heavy atom. The zero-order valence-corrected chi connectivity index (χ0v) is 16.6. The van der Waals surface area contributed by atoms with E-state index in [4.69, 9.17) is 19.9 Å². The zero-order valence-electron chi connectivity index (χ0n) is 14.2. The highest BCUT2D eigenvalue weighted by Gasteiger charge is 2.41. The molecule has 1 aliphatic carbocycles. The molecule has 0 radical (unpaired) electrons. The van der Waals surface area contributed by atoms with Crippen LogP contribution in [0.2, 0.25) is 0 Å². The molecule has 0 aromatic carbocycles. The number of nitrogens with one attached hydrogen (secondary N) is 1. The van der Waals surface area contributed by atoms with Crippen LogP contribution >= 0.6 is 24.0 Å². The summed E-state index contributed by atoms with van der Waals surface area (Å²) in [7, 11) is 0. The molecule has 2 fully saturated rings. The average Bonchev–Trinajstić information content (AvgIpc) is 2.77. The summed E-state index contributed by atoms with van der Waals surface area (Å²) in [5.74, 6) is 0.137.